The van der Waals surface area contributed by atoms with Crippen LogP contribution >= 0.6 is 11.6 Å². The topological polar surface area (TPSA) is 15.3 Å². The summed E-state index contributed by atoms with van der Waals surface area (Å²) in [5.74, 6) is 1.44. The smallest absolute Gasteiger partial charge is 0.0410 e. The van der Waals surface area contributed by atoms with Gasteiger partial charge in [-0.05, 0) is 49.7 Å². The molecule has 2 atom stereocenters. The Balaban J connectivity index is 1.99. The van der Waals surface area contributed by atoms with Gasteiger partial charge in [0.05, 0.1) is 0 Å². The molecular formula is C13H17ClN2. The van der Waals surface area contributed by atoms with Gasteiger partial charge in [-0.1, -0.05) is 11.6 Å². The Bertz CT molecular complexity index is 405. The molecule has 2 unspecified atom stereocenters. The Kier molecular flexibility index (Phi) is 2.56. The molecule has 0 saturated carbocycles. The van der Waals surface area contributed by atoms with Gasteiger partial charge in [0.2, 0.25) is 0 Å². The minimum atomic E-state index is 0.661. The fourth-order valence-electron chi connectivity index (χ4n) is 3.00. The first-order valence-corrected chi connectivity index (χ1v) is 6.33. The number of anilines is 1. The molecule has 2 nitrogen and oxygen atoms in total. The maximum atomic E-state index is 6.10. The first-order chi connectivity index (χ1) is 7.74. The molecule has 2 heterocycles. The van der Waals surface area contributed by atoms with Crippen LogP contribution in [0.15, 0.2) is 18.2 Å². The molecule has 0 aliphatic carbocycles. The standard InChI is InChI=1S/C13H17ClN2/c1-16-5-4-9-7-15-13-3-2-10(14)6-11(13)12(9)8-16/h2-3,6,9,12,15H,4-5,7-8H2,1H3. The van der Waals surface area contributed by atoms with Crippen molar-refractivity contribution in [1.29, 1.82) is 0 Å². The van der Waals surface area contributed by atoms with E-state index in [0.29, 0.717) is 5.92 Å². The van der Waals surface area contributed by atoms with Crippen LogP contribution in [0.5, 0.6) is 0 Å². The van der Waals surface area contributed by atoms with Crippen LogP contribution in [0.3, 0.4) is 0 Å². The minimum absolute atomic E-state index is 0.661. The minimum Gasteiger partial charge on any atom is -0.385 e. The molecule has 86 valence electrons. The average molecular weight is 237 g/mol. The lowest BCUT2D eigenvalue weighted by atomic mass is 9.78. The lowest BCUT2D eigenvalue weighted by Gasteiger charge is -2.41. The van der Waals surface area contributed by atoms with Crippen LogP contribution in [-0.2, 0) is 0 Å². The predicted molar refractivity (Wildman–Crippen MR) is 68.3 cm³/mol. The second-order valence-corrected chi connectivity index (χ2v) is 5.47. The average Bonchev–Trinajstić information content (AvgIpc) is 2.29. The summed E-state index contributed by atoms with van der Waals surface area (Å²) in [6.07, 6.45) is 1.29. The number of nitrogens with one attached hydrogen (secondary N) is 1. The number of piperidine rings is 1. The molecule has 1 N–H and O–H groups in total. The number of hydrogen-bond donors (Lipinski definition) is 1. The second-order valence-electron chi connectivity index (χ2n) is 5.03. The quantitative estimate of drug-likeness (QED) is 0.745. The summed E-state index contributed by atoms with van der Waals surface area (Å²) in [7, 11) is 2.21. The van der Waals surface area contributed by atoms with Crippen LogP contribution in [0.4, 0.5) is 5.69 Å². The van der Waals surface area contributed by atoms with E-state index in [4.69, 9.17) is 11.6 Å². The number of halogens is 1. The molecule has 1 aromatic carbocycles. The molecule has 16 heavy (non-hydrogen) atoms. The molecule has 2 aliphatic heterocycles. The molecule has 0 amide bonds. The maximum absolute atomic E-state index is 6.10. The second kappa shape index (κ2) is 3.94. The Labute approximate surface area is 102 Å². The highest BCUT2D eigenvalue weighted by atomic mass is 35.5. The summed E-state index contributed by atoms with van der Waals surface area (Å²) in [5.41, 5.74) is 2.69. The molecule has 0 spiro atoms. The normalized spacial score (nSPS) is 29.1. The third kappa shape index (κ3) is 1.70. The van der Waals surface area contributed by atoms with Crippen molar-refractivity contribution in [2.45, 2.75) is 12.3 Å². The van der Waals surface area contributed by atoms with Gasteiger partial charge in [-0.15, -0.1) is 0 Å². The van der Waals surface area contributed by atoms with Crippen molar-refractivity contribution in [3.8, 4) is 0 Å². The van der Waals surface area contributed by atoms with Crippen molar-refractivity contribution in [3.63, 3.8) is 0 Å². The van der Waals surface area contributed by atoms with Gasteiger partial charge in [-0.2, -0.15) is 0 Å². The zero-order chi connectivity index (χ0) is 11.1. The van der Waals surface area contributed by atoms with E-state index in [9.17, 15) is 0 Å². The Morgan fingerprint density at radius 1 is 1.44 bits per heavy atom. The van der Waals surface area contributed by atoms with Crippen LogP contribution in [-0.4, -0.2) is 31.6 Å². The molecular weight excluding hydrogens is 220 g/mol. The Morgan fingerprint density at radius 2 is 2.31 bits per heavy atom. The van der Waals surface area contributed by atoms with Gasteiger partial charge in [-0.25, -0.2) is 0 Å². The zero-order valence-electron chi connectivity index (χ0n) is 9.54. The van der Waals surface area contributed by atoms with E-state index >= 15 is 0 Å². The van der Waals surface area contributed by atoms with Gasteiger partial charge in [0.15, 0.2) is 0 Å². The number of rotatable bonds is 0. The third-order valence-electron chi connectivity index (χ3n) is 3.93. The molecule has 3 rings (SSSR count). The van der Waals surface area contributed by atoms with Crippen LogP contribution < -0.4 is 5.32 Å². The van der Waals surface area contributed by atoms with Crippen molar-refractivity contribution in [2.24, 2.45) is 5.92 Å². The molecule has 1 fully saturated rings. The monoisotopic (exact) mass is 236 g/mol. The van der Waals surface area contributed by atoms with Crippen molar-refractivity contribution in [3.05, 3.63) is 28.8 Å². The van der Waals surface area contributed by atoms with Gasteiger partial charge < -0.3 is 10.2 Å². The fraction of sp³-hybridized carbons (Fsp3) is 0.538. The maximum Gasteiger partial charge on any atom is 0.0410 e. The molecule has 0 aromatic heterocycles. The number of fused-ring (bicyclic) bond motifs is 3. The largest absolute Gasteiger partial charge is 0.385 e. The molecule has 3 heteroatoms. The Morgan fingerprint density at radius 3 is 3.19 bits per heavy atom. The van der Waals surface area contributed by atoms with E-state index in [2.05, 4.69) is 29.4 Å². The number of nitrogens with zero attached hydrogens (tertiary/aromatic N) is 1. The number of likely N-dealkylation sites (N-methyl/N-ethyl adjacent to an activating group) is 1. The zero-order valence-corrected chi connectivity index (χ0v) is 10.3. The van der Waals surface area contributed by atoms with Gasteiger partial charge in [0.1, 0.15) is 0 Å². The number of hydrogen-bond acceptors (Lipinski definition) is 2. The summed E-state index contributed by atoms with van der Waals surface area (Å²) in [5, 5.41) is 4.38. The van der Waals surface area contributed by atoms with Gasteiger partial charge >= 0.3 is 0 Å². The Hall–Kier alpha value is -0.730. The van der Waals surface area contributed by atoms with E-state index in [-0.39, 0.29) is 0 Å². The van der Waals surface area contributed by atoms with Crippen molar-refractivity contribution >= 4 is 17.3 Å². The van der Waals surface area contributed by atoms with Crippen LogP contribution in [0, 0.1) is 5.92 Å². The lowest BCUT2D eigenvalue weighted by molar-refractivity contribution is 0.192. The van der Waals surface area contributed by atoms with E-state index < -0.39 is 0 Å². The lowest BCUT2D eigenvalue weighted by Crippen LogP contribution is -2.41. The summed E-state index contributed by atoms with van der Waals surface area (Å²) in [6, 6.07) is 6.22. The van der Waals surface area contributed by atoms with Gasteiger partial charge in [0.25, 0.3) is 0 Å². The first kappa shape index (κ1) is 10.4. The highest BCUT2D eigenvalue weighted by Crippen LogP contribution is 2.40. The SMILES string of the molecule is CN1CCC2CNc3ccc(Cl)cc3C2C1. The van der Waals surface area contributed by atoms with Crippen molar-refractivity contribution in [2.75, 3.05) is 32.0 Å². The number of likely N-dealkylation sites (tertiary alicyclic amines) is 1. The predicted octanol–water partition coefficient (Wildman–Crippen LogP) is 2.80. The van der Waals surface area contributed by atoms with E-state index in [0.717, 1.165) is 17.5 Å². The van der Waals surface area contributed by atoms with Crippen molar-refractivity contribution < 1.29 is 0 Å². The summed E-state index contributed by atoms with van der Waals surface area (Å²) < 4.78 is 0. The van der Waals surface area contributed by atoms with Crippen molar-refractivity contribution in [1.82, 2.24) is 4.90 Å². The highest BCUT2D eigenvalue weighted by molar-refractivity contribution is 6.30. The van der Waals surface area contributed by atoms with Crippen LogP contribution in [0.1, 0.15) is 17.9 Å². The summed E-state index contributed by atoms with van der Waals surface area (Å²) in [6.45, 7) is 3.51. The third-order valence-corrected chi connectivity index (χ3v) is 4.16. The first-order valence-electron chi connectivity index (χ1n) is 5.96. The molecule has 1 saturated heterocycles. The summed E-state index contributed by atoms with van der Waals surface area (Å²) >= 11 is 6.10. The van der Waals surface area contributed by atoms with E-state index in [1.165, 1.54) is 30.8 Å². The highest BCUT2D eigenvalue weighted by Gasteiger charge is 2.33. The molecule has 0 bridgehead atoms. The summed E-state index contributed by atoms with van der Waals surface area (Å²) in [4.78, 5) is 2.43. The van der Waals surface area contributed by atoms with Gasteiger partial charge in [-0.3, -0.25) is 0 Å². The molecule has 1 aromatic rings. The van der Waals surface area contributed by atoms with E-state index in [1.54, 1.807) is 0 Å². The van der Waals surface area contributed by atoms with Gasteiger partial charge in [0, 0.05) is 29.7 Å². The van der Waals surface area contributed by atoms with Crippen LogP contribution in [0.25, 0.3) is 0 Å². The van der Waals surface area contributed by atoms with E-state index in [1.807, 2.05) is 6.07 Å². The fourth-order valence-corrected chi connectivity index (χ4v) is 3.18. The molecule has 0 radical (unpaired) electrons. The van der Waals surface area contributed by atoms with Crippen LogP contribution in [0.2, 0.25) is 5.02 Å². The molecule has 2 aliphatic rings. The number of benzene rings is 1.